The van der Waals surface area contributed by atoms with E-state index in [2.05, 4.69) is 6.58 Å². The summed E-state index contributed by atoms with van der Waals surface area (Å²) < 4.78 is 4.74. The Hall–Kier alpha value is -1.97. The first kappa shape index (κ1) is 10.1. The Balaban J connectivity index is 2.93. The third kappa shape index (κ3) is 2.04. The number of carbonyl (C=O) groups excluding carboxylic acids is 1. The molecule has 1 aromatic rings. The fourth-order valence-corrected chi connectivity index (χ4v) is 0.780. The molecule has 0 aliphatic rings. The van der Waals surface area contributed by atoms with E-state index in [1.165, 1.54) is 25.1 Å². The number of para-hydroxylation sites is 1. The van der Waals surface area contributed by atoms with Gasteiger partial charge in [0.05, 0.1) is 0 Å². The molecule has 0 atom stereocenters. The number of benzene rings is 1. The molecule has 0 saturated carbocycles. The molecule has 0 radical (unpaired) electrons. The maximum absolute atomic E-state index is 11.1. The topological polar surface area (TPSA) is 66.8 Å². The lowest BCUT2D eigenvalue weighted by Crippen LogP contribution is -2.08. The molecule has 14 heavy (non-hydrogen) atoms. The molecule has 74 valence electrons. The van der Waals surface area contributed by atoms with E-state index < -0.39 is 11.7 Å². The summed E-state index contributed by atoms with van der Waals surface area (Å²) in [6.45, 7) is 4.87. The number of ether oxygens (including phenoxy) is 1. The van der Waals surface area contributed by atoms with Crippen molar-refractivity contribution in [2.75, 3.05) is 0 Å². The van der Waals surface area contributed by atoms with Crippen molar-refractivity contribution in [3.05, 3.63) is 30.4 Å². The molecule has 0 heterocycles. The lowest BCUT2D eigenvalue weighted by molar-refractivity contribution is -0.130. The maximum atomic E-state index is 11.1. The summed E-state index contributed by atoms with van der Waals surface area (Å²) in [5.74, 6) is -1.52. The van der Waals surface area contributed by atoms with Crippen LogP contribution < -0.4 is 4.74 Å². The average molecular weight is 194 g/mol. The molecule has 0 spiro atoms. The minimum Gasteiger partial charge on any atom is -0.504 e. The molecule has 0 amide bonds. The monoisotopic (exact) mass is 194 g/mol. The summed E-state index contributed by atoms with van der Waals surface area (Å²) in [6, 6.07) is 4.11. The van der Waals surface area contributed by atoms with Crippen LogP contribution in [0.5, 0.6) is 17.2 Å². The first-order valence-electron chi connectivity index (χ1n) is 3.91. The molecule has 0 bridgehead atoms. The molecule has 4 nitrogen and oxygen atoms in total. The molecule has 4 heteroatoms. The smallest absolute Gasteiger partial charge is 0.338 e. The van der Waals surface area contributed by atoms with E-state index in [9.17, 15) is 9.90 Å². The van der Waals surface area contributed by atoms with Crippen molar-refractivity contribution in [3.8, 4) is 17.2 Å². The van der Waals surface area contributed by atoms with Gasteiger partial charge >= 0.3 is 5.97 Å². The van der Waals surface area contributed by atoms with E-state index in [1.54, 1.807) is 0 Å². The second kappa shape index (κ2) is 3.83. The van der Waals surface area contributed by atoms with E-state index in [1.807, 2.05) is 0 Å². The number of hydrogen-bond acceptors (Lipinski definition) is 4. The number of hydrogen-bond donors (Lipinski definition) is 2. The zero-order chi connectivity index (χ0) is 10.7. The molecule has 0 aliphatic heterocycles. The Kier molecular flexibility index (Phi) is 2.76. The highest BCUT2D eigenvalue weighted by molar-refractivity contribution is 5.89. The number of aromatic hydroxyl groups is 2. The van der Waals surface area contributed by atoms with Crippen LogP contribution in [0.3, 0.4) is 0 Å². The van der Waals surface area contributed by atoms with Crippen molar-refractivity contribution in [2.24, 2.45) is 0 Å². The first-order chi connectivity index (χ1) is 6.52. The quantitative estimate of drug-likeness (QED) is 0.324. The summed E-state index contributed by atoms with van der Waals surface area (Å²) in [4.78, 5) is 11.1. The highest BCUT2D eigenvalue weighted by Crippen LogP contribution is 2.34. The van der Waals surface area contributed by atoms with Crippen molar-refractivity contribution < 1.29 is 19.7 Å². The molecule has 0 saturated heterocycles. The molecule has 0 fully saturated rings. The van der Waals surface area contributed by atoms with Crippen molar-refractivity contribution >= 4 is 5.97 Å². The zero-order valence-corrected chi connectivity index (χ0v) is 7.65. The normalized spacial score (nSPS) is 9.50. The van der Waals surface area contributed by atoms with Crippen molar-refractivity contribution in [2.45, 2.75) is 6.92 Å². The Morgan fingerprint density at radius 1 is 1.43 bits per heavy atom. The van der Waals surface area contributed by atoms with E-state index in [4.69, 9.17) is 9.84 Å². The summed E-state index contributed by atoms with van der Waals surface area (Å²) >= 11 is 0. The standard InChI is InChI=1S/C10H10O4/c1-6(2)10(13)14-8-5-3-4-7(11)9(8)12/h3-5,11-12H,1H2,2H3. The average Bonchev–Trinajstić information content (AvgIpc) is 2.12. The van der Waals surface area contributed by atoms with Gasteiger partial charge in [0.15, 0.2) is 11.5 Å². The minimum atomic E-state index is -0.647. The largest absolute Gasteiger partial charge is 0.504 e. The van der Waals surface area contributed by atoms with Crippen LogP contribution >= 0.6 is 0 Å². The van der Waals surface area contributed by atoms with E-state index >= 15 is 0 Å². The van der Waals surface area contributed by atoms with Gasteiger partial charge in [0.1, 0.15) is 0 Å². The lowest BCUT2D eigenvalue weighted by Gasteiger charge is -2.06. The summed E-state index contributed by atoms with van der Waals surface area (Å²) in [5, 5.41) is 18.4. The predicted molar refractivity (Wildman–Crippen MR) is 50.2 cm³/mol. The summed E-state index contributed by atoms with van der Waals surface area (Å²) in [5.41, 5.74) is 0.216. The fourth-order valence-electron chi connectivity index (χ4n) is 0.780. The van der Waals surface area contributed by atoms with Crippen LogP contribution in [0, 0.1) is 0 Å². The van der Waals surface area contributed by atoms with E-state index in [-0.39, 0.29) is 17.1 Å². The number of phenolic OH excluding ortho intramolecular Hbond substituents is 2. The van der Waals surface area contributed by atoms with Gasteiger partial charge in [-0.2, -0.15) is 0 Å². The third-order valence-corrected chi connectivity index (χ3v) is 1.53. The van der Waals surface area contributed by atoms with Crippen LogP contribution in [0.2, 0.25) is 0 Å². The van der Waals surface area contributed by atoms with Crippen LogP contribution in [-0.2, 0) is 4.79 Å². The first-order valence-corrected chi connectivity index (χ1v) is 3.91. The Morgan fingerprint density at radius 2 is 2.07 bits per heavy atom. The van der Waals surface area contributed by atoms with Crippen molar-refractivity contribution in [3.63, 3.8) is 0 Å². The Bertz CT molecular complexity index is 382. The van der Waals surface area contributed by atoms with Gasteiger partial charge in [-0.3, -0.25) is 0 Å². The summed E-state index contributed by atoms with van der Waals surface area (Å²) in [6.07, 6.45) is 0. The van der Waals surface area contributed by atoms with Gasteiger partial charge in [0, 0.05) is 5.57 Å². The van der Waals surface area contributed by atoms with Gasteiger partial charge in [0.25, 0.3) is 0 Å². The Labute approximate surface area is 81.1 Å². The summed E-state index contributed by atoms with van der Waals surface area (Å²) in [7, 11) is 0. The van der Waals surface area contributed by atoms with Crippen molar-refractivity contribution in [1.82, 2.24) is 0 Å². The number of carbonyl (C=O) groups is 1. The molecule has 0 unspecified atom stereocenters. The fraction of sp³-hybridized carbons (Fsp3) is 0.100. The van der Waals surface area contributed by atoms with Crippen LogP contribution in [-0.4, -0.2) is 16.2 Å². The van der Waals surface area contributed by atoms with Gasteiger partial charge in [-0.25, -0.2) is 4.79 Å². The predicted octanol–water partition coefficient (Wildman–Crippen LogP) is 1.58. The van der Waals surface area contributed by atoms with Gasteiger partial charge in [-0.1, -0.05) is 12.6 Å². The van der Waals surface area contributed by atoms with Crippen LogP contribution in [0.4, 0.5) is 0 Å². The highest BCUT2D eigenvalue weighted by Gasteiger charge is 2.11. The zero-order valence-electron chi connectivity index (χ0n) is 7.65. The molecular weight excluding hydrogens is 184 g/mol. The van der Waals surface area contributed by atoms with Crippen LogP contribution in [0.1, 0.15) is 6.92 Å². The van der Waals surface area contributed by atoms with Gasteiger partial charge in [-0.05, 0) is 19.1 Å². The highest BCUT2D eigenvalue weighted by atomic mass is 16.5. The van der Waals surface area contributed by atoms with Crippen LogP contribution in [0.25, 0.3) is 0 Å². The number of rotatable bonds is 2. The second-order valence-electron chi connectivity index (χ2n) is 2.79. The van der Waals surface area contributed by atoms with Gasteiger partial charge in [0.2, 0.25) is 5.75 Å². The lowest BCUT2D eigenvalue weighted by atomic mass is 10.3. The molecule has 1 rings (SSSR count). The van der Waals surface area contributed by atoms with Crippen molar-refractivity contribution in [1.29, 1.82) is 0 Å². The van der Waals surface area contributed by atoms with E-state index in [0.29, 0.717) is 0 Å². The van der Waals surface area contributed by atoms with Crippen LogP contribution in [0.15, 0.2) is 30.4 Å². The molecule has 0 aromatic heterocycles. The SMILES string of the molecule is C=C(C)C(=O)Oc1cccc(O)c1O. The Morgan fingerprint density at radius 3 is 2.64 bits per heavy atom. The number of phenols is 2. The third-order valence-electron chi connectivity index (χ3n) is 1.53. The molecular formula is C10H10O4. The molecule has 0 aliphatic carbocycles. The van der Waals surface area contributed by atoms with Gasteiger partial charge < -0.3 is 14.9 Å². The molecule has 2 N–H and O–H groups in total. The molecule has 1 aromatic carbocycles. The second-order valence-corrected chi connectivity index (χ2v) is 2.79. The number of esters is 1. The van der Waals surface area contributed by atoms with Gasteiger partial charge in [-0.15, -0.1) is 0 Å². The minimum absolute atomic E-state index is 0.0852. The maximum Gasteiger partial charge on any atom is 0.338 e. The van der Waals surface area contributed by atoms with E-state index in [0.717, 1.165) is 0 Å².